The lowest BCUT2D eigenvalue weighted by Crippen LogP contribution is -2.70. The van der Waals surface area contributed by atoms with E-state index in [1.807, 2.05) is 20.8 Å². The molecule has 2 heterocycles. The molecule has 22 nitrogen and oxygen atoms in total. The van der Waals surface area contributed by atoms with Gasteiger partial charge in [0.1, 0.15) is 18.7 Å². The fraction of sp³-hybridized carbons (Fsp3) is 0.587. The summed E-state index contributed by atoms with van der Waals surface area (Å²) in [5.41, 5.74) is 1.41. The van der Waals surface area contributed by atoms with Crippen LogP contribution in [0.25, 0.3) is 0 Å². The number of carbonyl (C=O) groups excluding carboxylic acids is 10. The molecule has 3 saturated carbocycles. The number of imide groups is 1. The number of ketones is 2. The summed E-state index contributed by atoms with van der Waals surface area (Å²) in [7, 11) is 0. The van der Waals surface area contributed by atoms with E-state index in [0.29, 0.717) is 67.3 Å². The lowest BCUT2D eigenvalue weighted by Gasteiger charge is -2.63. The average Bonchev–Trinajstić information content (AvgIpc) is 1.61. The van der Waals surface area contributed by atoms with Gasteiger partial charge in [-0.1, -0.05) is 83.4 Å². The minimum atomic E-state index is -2.14. The lowest BCUT2D eigenvalue weighted by molar-refractivity contribution is -0.234. The number of aliphatic hydroxyl groups excluding tert-OH is 1. The molecule has 2 aromatic carbocycles. The number of alkyl halides is 1. The Morgan fingerprint density at radius 2 is 1.61 bits per heavy atom. The molecule has 472 valence electrons. The number of Topliss-reactive ketones (excluding diaryl/α,β-unsaturated/α-hetero) is 1. The molecule has 13 atom stereocenters. The van der Waals surface area contributed by atoms with E-state index in [1.165, 1.54) is 29.2 Å². The molecule has 2 unspecified atom stereocenters. The van der Waals surface area contributed by atoms with Gasteiger partial charge in [-0.15, -0.1) is 0 Å². The molecule has 0 spiro atoms. The van der Waals surface area contributed by atoms with Crippen molar-refractivity contribution in [2.24, 2.45) is 40.2 Å². The molecule has 2 aliphatic heterocycles. The predicted octanol–water partition coefficient (Wildman–Crippen LogP) is 5.98. The quantitative estimate of drug-likeness (QED) is 0.0233. The summed E-state index contributed by atoms with van der Waals surface area (Å²) in [5, 5.41) is 24.8. The number of carbonyl (C=O) groups is 10. The number of anilines is 1. The van der Waals surface area contributed by atoms with Crippen molar-refractivity contribution in [3.8, 4) is 0 Å². The summed E-state index contributed by atoms with van der Waals surface area (Å²) in [4.78, 5) is 130. The molecule has 2 aromatic rings. The second-order valence-electron chi connectivity index (χ2n) is 24.7. The molecular weight excluding hydrogens is 1150 g/mol. The van der Waals surface area contributed by atoms with Crippen molar-refractivity contribution in [3.05, 3.63) is 89.0 Å². The number of alkyl carbamates (subject to hydrolysis) is 1. The van der Waals surface area contributed by atoms with E-state index in [0.717, 1.165) is 0 Å². The first-order valence-electron chi connectivity index (χ1n) is 30.2. The number of nitrogens with zero attached hydrogens (tertiary/aromatic N) is 1. The van der Waals surface area contributed by atoms with Gasteiger partial charge in [0.2, 0.25) is 35.3 Å². The Hall–Kier alpha value is -7.02. The number of likely N-dealkylation sites (tertiary alicyclic amines) is 1. The summed E-state index contributed by atoms with van der Waals surface area (Å²) in [5.74, 6) is -5.39. The number of unbranched alkanes of at least 4 members (excludes halogenated alkanes) is 2. The van der Waals surface area contributed by atoms with Crippen LogP contribution < -0.4 is 32.3 Å². The zero-order valence-electron chi connectivity index (χ0n) is 50.2. The summed E-state index contributed by atoms with van der Waals surface area (Å²) >= 11 is 4.13. The van der Waals surface area contributed by atoms with Crippen LogP contribution in [0.4, 0.5) is 19.7 Å². The highest BCUT2D eigenvalue weighted by Crippen LogP contribution is 2.72. The first kappa shape index (κ1) is 65.9. The number of allylic oxidation sites excluding steroid dienone is 4. The number of aliphatic hydroxyl groups is 1. The Balaban J connectivity index is 0.795. The predicted molar refractivity (Wildman–Crippen MR) is 318 cm³/mol. The minimum Gasteiger partial charge on any atom is -0.454 e. The van der Waals surface area contributed by atoms with E-state index in [1.54, 1.807) is 63.2 Å². The van der Waals surface area contributed by atoms with Gasteiger partial charge in [0.25, 0.3) is 0 Å². The molecule has 24 heteroatoms. The number of fused-ring (bicyclic) bond motifs is 7. The van der Waals surface area contributed by atoms with Gasteiger partial charge in [0.15, 0.2) is 29.9 Å². The molecule has 5 fully saturated rings. The second kappa shape index (κ2) is 27.6. The average molecular weight is 1230 g/mol. The molecule has 6 aliphatic rings. The monoisotopic (exact) mass is 1230 g/mol. The van der Waals surface area contributed by atoms with Gasteiger partial charge in [-0.3, -0.25) is 38.5 Å². The van der Waals surface area contributed by atoms with Crippen molar-refractivity contribution >= 4 is 77.5 Å². The zero-order valence-corrected chi connectivity index (χ0v) is 51.1. The van der Waals surface area contributed by atoms with Crippen molar-refractivity contribution in [2.75, 3.05) is 25.0 Å². The van der Waals surface area contributed by atoms with Gasteiger partial charge in [-0.25, -0.2) is 18.8 Å². The first-order chi connectivity index (χ1) is 41.3. The van der Waals surface area contributed by atoms with E-state index >= 15 is 4.39 Å². The largest absolute Gasteiger partial charge is 0.454 e. The molecule has 4 aliphatic carbocycles. The second-order valence-corrected chi connectivity index (χ2v) is 25.4. The zero-order chi connectivity index (χ0) is 63.2. The number of rotatable bonds is 26. The number of benzene rings is 2. The van der Waals surface area contributed by atoms with Crippen LogP contribution in [0.15, 0.2) is 72.3 Å². The van der Waals surface area contributed by atoms with Crippen LogP contribution in [0, 0.1) is 34.5 Å². The Bertz CT molecular complexity index is 3040. The maximum absolute atomic E-state index is 18.1. The van der Waals surface area contributed by atoms with Crippen molar-refractivity contribution in [1.29, 1.82) is 0 Å². The molecule has 8 rings (SSSR count). The molecule has 0 aromatic heterocycles. The van der Waals surface area contributed by atoms with E-state index in [-0.39, 0.29) is 99.2 Å². The van der Waals surface area contributed by atoms with Crippen LogP contribution in [-0.4, -0.2) is 136 Å². The van der Waals surface area contributed by atoms with Gasteiger partial charge in [-0.2, -0.15) is 12.6 Å². The number of ether oxygens (including phenoxy) is 4. The minimum absolute atomic E-state index is 0.0293. The van der Waals surface area contributed by atoms with Crippen LogP contribution in [0.5, 0.6) is 0 Å². The number of esters is 1. The fourth-order valence-electron chi connectivity index (χ4n) is 14.1. The third-order valence-electron chi connectivity index (χ3n) is 18.6. The van der Waals surface area contributed by atoms with Gasteiger partial charge in [0, 0.05) is 54.9 Å². The number of thiol groups is 1. The molecule has 2 saturated heterocycles. The van der Waals surface area contributed by atoms with Gasteiger partial charge in [0.05, 0.1) is 23.0 Å². The highest BCUT2D eigenvalue weighted by molar-refractivity contribution is 7.81. The van der Waals surface area contributed by atoms with Crippen molar-refractivity contribution in [2.45, 2.75) is 179 Å². The molecule has 0 bridgehead atoms. The Morgan fingerprint density at radius 3 is 2.28 bits per heavy atom. The Labute approximate surface area is 511 Å². The number of primary amides is 1. The summed E-state index contributed by atoms with van der Waals surface area (Å²) < 4.78 is 42.2. The van der Waals surface area contributed by atoms with E-state index in [4.69, 9.17) is 24.7 Å². The van der Waals surface area contributed by atoms with Crippen molar-refractivity contribution in [1.82, 2.24) is 26.2 Å². The third-order valence-corrected chi connectivity index (χ3v) is 19.0. The standard InChI is InChI=1S/C63H82FN7O15S/c1-7-12-52-85-49-29-43-44-27-36(4)42-28-41(72)23-24-60(42,5)62(44,64)47(73)31-61(43,6)63(49,86-52)48(74)34-83-57(80)39-19-15-37(16-20-39)32-67-59(82)84-33-38-17-21-40(22-18-38)68-54(77)45(13-11-25-66-58(65)81)69-55(78)53(35(2)3)70-50(75)14-9-8-10-26-71-51(76)30-46(87)56(71)79/h15-24,28,35-36,43-47,49,52-53,73,87H,7-14,25-27,29-34H2,1-6H3,(H,67,82)(H,68,77)(H,69,78)(H,70,75)(H3,65,66,81)/t36-,43-,44-,45-,46?,47-,49+,52?,53-,60-,61-,62-,63+/m0/s1. The summed E-state index contributed by atoms with van der Waals surface area (Å²) in [6.45, 7) is 10.6. The summed E-state index contributed by atoms with van der Waals surface area (Å²) in [6.07, 6.45) is 4.43. The molecular formula is C63H82FN7O15S. The highest BCUT2D eigenvalue weighted by Gasteiger charge is 2.79. The lowest BCUT2D eigenvalue weighted by atomic mass is 9.43. The number of nitrogens with one attached hydrogen (secondary N) is 5. The normalized spacial score (nSPS) is 29.4. The smallest absolute Gasteiger partial charge is 0.407 e. The number of hydrogen-bond acceptors (Lipinski definition) is 16. The van der Waals surface area contributed by atoms with Crippen LogP contribution in [-0.2, 0) is 65.7 Å². The summed E-state index contributed by atoms with van der Waals surface area (Å²) in [6, 6.07) is 9.80. The van der Waals surface area contributed by atoms with Crippen LogP contribution in [0.1, 0.15) is 140 Å². The number of halogens is 1. The number of nitrogens with two attached hydrogens (primary N) is 1. The SMILES string of the molecule is CCCC1O[C@@H]2C[C@H]3[C@@H]4C[C@H](C)C5=CC(=O)C=C[C@]5(C)[C@@]4(F)[C@@H](O)C[C@]3(C)[C@]2(C(=O)COC(=O)c2ccc(CNC(=O)OCc3ccc(NC(=O)[C@H](CCCNC(N)=O)NC(=O)[C@@H](NC(=O)CCCCCN4C(=O)CC(S)C4=O)C(C)C)cc3)cc2)O1. The fourth-order valence-corrected chi connectivity index (χ4v) is 14.4. The molecule has 87 heavy (non-hydrogen) atoms. The van der Waals surface area contributed by atoms with Crippen molar-refractivity contribution < 1.29 is 76.4 Å². The van der Waals surface area contributed by atoms with Crippen LogP contribution in [0.2, 0.25) is 0 Å². The van der Waals surface area contributed by atoms with Gasteiger partial charge in [-0.05, 0) is 124 Å². The van der Waals surface area contributed by atoms with Crippen molar-refractivity contribution in [3.63, 3.8) is 0 Å². The Kier molecular flexibility index (Phi) is 20.9. The molecule has 8 amide bonds. The highest BCUT2D eigenvalue weighted by atomic mass is 32.1. The number of hydrogen-bond donors (Lipinski definition) is 8. The molecule has 0 radical (unpaired) electrons. The topological polar surface area (TPSA) is 317 Å². The maximum atomic E-state index is 18.1. The number of urea groups is 1. The van der Waals surface area contributed by atoms with E-state index < -0.39 is 112 Å². The Morgan fingerprint density at radius 1 is 0.897 bits per heavy atom. The number of amides is 8. The first-order valence-corrected chi connectivity index (χ1v) is 30.7. The van der Waals surface area contributed by atoms with E-state index in [9.17, 15) is 53.1 Å². The van der Waals surface area contributed by atoms with E-state index in [2.05, 4.69) is 39.2 Å². The van der Waals surface area contributed by atoms with Gasteiger partial charge >= 0.3 is 18.1 Å². The van der Waals surface area contributed by atoms with Gasteiger partial charge < -0.3 is 56.4 Å². The van der Waals surface area contributed by atoms with Crippen LogP contribution in [0.3, 0.4) is 0 Å². The van der Waals surface area contributed by atoms with Crippen LogP contribution >= 0.6 is 12.6 Å². The maximum Gasteiger partial charge on any atom is 0.407 e. The third kappa shape index (κ3) is 13.8. The molecule has 8 N–H and O–H groups in total.